The summed E-state index contributed by atoms with van der Waals surface area (Å²) < 4.78 is 0. The molecule has 1 aromatic heterocycles. The Bertz CT molecular complexity index is 920. The quantitative estimate of drug-likeness (QED) is 0.739. The van der Waals surface area contributed by atoms with Crippen LogP contribution in [0.4, 0.5) is 5.69 Å². The highest BCUT2D eigenvalue weighted by Gasteiger charge is 2.19. The first kappa shape index (κ1) is 15.6. The molecular formula is C21H20N4. The van der Waals surface area contributed by atoms with Gasteiger partial charge in [0.1, 0.15) is 6.07 Å². The van der Waals surface area contributed by atoms with Crippen molar-refractivity contribution in [1.82, 2.24) is 9.88 Å². The standard InChI is InChI=1S/C21H20N4/c22-14-19-6-2-4-8-21(19)25-11-9-24(10-12-25)16-17-13-18-5-1-3-7-20(18)23-15-17/h1-8,13,15H,9-12,16H2. The van der Waals surface area contributed by atoms with Crippen LogP contribution in [0.1, 0.15) is 11.1 Å². The van der Waals surface area contributed by atoms with Gasteiger partial charge in [-0.1, -0.05) is 30.3 Å². The number of para-hydroxylation sites is 2. The maximum atomic E-state index is 9.29. The Kier molecular flexibility index (Phi) is 4.32. The molecule has 1 fully saturated rings. The van der Waals surface area contributed by atoms with Crippen molar-refractivity contribution in [3.63, 3.8) is 0 Å². The van der Waals surface area contributed by atoms with Gasteiger partial charge in [-0.3, -0.25) is 9.88 Å². The van der Waals surface area contributed by atoms with Gasteiger partial charge in [-0.15, -0.1) is 0 Å². The van der Waals surface area contributed by atoms with Gasteiger partial charge < -0.3 is 4.90 Å². The van der Waals surface area contributed by atoms with Gasteiger partial charge in [0, 0.05) is 44.3 Å². The Morgan fingerprint density at radius 1 is 0.960 bits per heavy atom. The van der Waals surface area contributed by atoms with Gasteiger partial charge in [0.2, 0.25) is 0 Å². The summed E-state index contributed by atoms with van der Waals surface area (Å²) in [6.07, 6.45) is 1.99. The normalized spacial score (nSPS) is 15.2. The number of hydrogen-bond acceptors (Lipinski definition) is 4. The number of nitriles is 1. The molecule has 0 unspecified atom stereocenters. The average Bonchev–Trinajstić information content (AvgIpc) is 2.68. The van der Waals surface area contributed by atoms with Crippen molar-refractivity contribution in [3.05, 3.63) is 71.9 Å². The summed E-state index contributed by atoms with van der Waals surface area (Å²) in [5, 5.41) is 10.5. The highest BCUT2D eigenvalue weighted by molar-refractivity contribution is 5.78. The fraction of sp³-hybridized carbons (Fsp3) is 0.238. The van der Waals surface area contributed by atoms with Crippen LogP contribution in [0.5, 0.6) is 0 Å². The highest BCUT2D eigenvalue weighted by atomic mass is 15.3. The van der Waals surface area contributed by atoms with E-state index in [2.05, 4.69) is 39.1 Å². The van der Waals surface area contributed by atoms with Crippen molar-refractivity contribution in [2.24, 2.45) is 0 Å². The summed E-state index contributed by atoms with van der Waals surface area (Å²) in [5.41, 5.74) is 4.11. The molecule has 1 saturated heterocycles. The number of pyridine rings is 1. The first-order chi connectivity index (χ1) is 12.3. The van der Waals surface area contributed by atoms with Crippen LogP contribution in [0, 0.1) is 11.3 Å². The first-order valence-corrected chi connectivity index (χ1v) is 8.63. The third kappa shape index (κ3) is 3.33. The van der Waals surface area contributed by atoms with Crippen molar-refractivity contribution in [2.75, 3.05) is 31.1 Å². The number of benzene rings is 2. The van der Waals surface area contributed by atoms with Gasteiger partial charge in [0.25, 0.3) is 0 Å². The molecule has 25 heavy (non-hydrogen) atoms. The van der Waals surface area contributed by atoms with Gasteiger partial charge in [0.05, 0.1) is 16.8 Å². The van der Waals surface area contributed by atoms with Crippen molar-refractivity contribution in [3.8, 4) is 6.07 Å². The second kappa shape index (κ2) is 6.92. The SMILES string of the molecule is N#Cc1ccccc1N1CCN(Cc2cnc3ccccc3c2)CC1. The topological polar surface area (TPSA) is 43.2 Å². The molecule has 0 N–H and O–H groups in total. The molecular weight excluding hydrogens is 308 g/mol. The number of fused-ring (bicyclic) bond motifs is 1. The van der Waals surface area contributed by atoms with Gasteiger partial charge in [-0.05, 0) is 29.8 Å². The summed E-state index contributed by atoms with van der Waals surface area (Å²) in [6, 6.07) is 20.6. The molecule has 1 aliphatic heterocycles. The first-order valence-electron chi connectivity index (χ1n) is 8.63. The minimum Gasteiger partial charge on any atom is -0.368 e. The molecule has 4 nitrogen and oxygen atoms in total. The molecule has 0 spiro atoms. The Morgan fingerprint density at radius 2 is 1.72 bits per heavy atom. The van der Waals surface area contributed by atoms with Crippen molar-refractivity contribution in [1.29, 1.82) is 5.26 Å². The zero-order valence-electron chi connectivity index (χ0n) is 14.1. The fourth-order valence-electron chi connectivity index (χ4n) is 3.45. The highest BCUT2D eigenvalue weighted by Crippen LogP contribution is 2.22. The molecule has 4 heteroatoms. The number of nitrogens with zero attached hydrogens (tertiary/aromatic N) is 4. The lowest BCUT2D eigenvalue weighted by atomic mass is 10.1. The summed E-state index contributed by atoms with van der Waals surface area (Å²) >= 11 is 0. The lowest BCUT2D eigenvalue weighted by Crippen LogP contribution is -2.46. The van der Waals surface area contributed by atoms with Gasteiger partial charge in [-0.25, -0.2) is 0 Å². The maximum Gasteiger partial charge on any atom is 0.101 e. The largest absolute Gasteiger partial charge is 0.368 e. The number of rotatable bonds is 3. The predicted octanol–water partition coefficient (Wildman–Crippen LogP) is 3.43. The maximum absolute atomic E-state index is 9.29. The lowest BCUT2D eigenvalue weighted by Gasteiger charge is -2.36. The van der Waals surface area contributed by atoms with Crippen LogP contribution in [-0.2, 0) is 6.54 Å². The monoisotopic (exact) mass is 328 g/mol. The van der Waals surface area contributed by atoms with Crippen LogP contribution in [0.25, 0.3) is 10.9 Å². The summed E-state index contributed by atoms with van der Waals surface area (Å²) in [4.78, 5) is 9.33. The summed E-state index contributed by atoms with van der Waals surface area (Å²) in [5.74, 6) is 0. The van der Waals surface area contributed by atoms with Crippen LogP contribution in [0.15, 0.2) is 60.8 Å². The smallest absolute Gasteiger partial charge is 0.101 e. The average molecular weight is 328 g/mol. The molecule has 2 aromatic carbocycles. The van der Waals surface area contributed by atoms with E-state index >= 15 is 0 Å². The zero-order chi connectivity index (χ0) is 17.1. The summed E-state index contributed by atoms with van der Waals surface area (Å²) in [7, 11) is 0. The van der Waals surface area contributed by atoms with Gasteiger partial charge >= 0.3 is 0 Å². The molecule has 2 heterocycles. The van der Waals surface area contributed by atoms with Crippen molar-refractivity contribution in [2.45, 2.75) is 6.54 Å². The lowest BCUT2D eigenvalue weighted by molar-refractivity contribution is 0.249. The minimum absolute atomic E-state index is 0.759. The van der Waals surface area contributed by atoms with Crippen LogP contribution in [0.2, 0.25) is 0 Å². The van der Waals surface area contributed by atoms with E-state index in [1.54, 1.807) is 0 Å². The Labute approximate surface area is 147 Å². The van der Waals surface area contributed by atoms with E-state index < -0.39 is 0 Å². The molecule has 1 aliphatic rings. The second-order valence-corrected chi connectivity index (χ2v) is 6.43. The van der Waals surface area contributed by atoms with E-state index in [-0.39, 0.29) is 0 Å². The molecule has 3 aromatic rings. The molecule has 4 rings (SSSR count). The van der Waals surface area contributed by atoms with Crippen LogP contribution < -0.4 is 4.90 Å². The summed E-state index contributed by atoms with van der Waals surface area (Å²) in [6.45, 7) is 4.80. The van der Waals surface area contributed by atoms with Gasteiger partial charge in [-0.2, -0.15) is 5.26 Å². The van der Waals surface area contributed by atoms with E-state index in [0.717, 1.165) is 49.5 Å². The van der Waals surface area contributed by atoms with E-state index in [1.165, 1.54) is 10.9 Å². The number of anilines is 1. The Balaban J connectivity index is 1.42. The Hall–Kier alpha value is -2.90. The molecule has 0 amide bonds. The molecule has 0 atom stereocenters. The third-order valence-electron chi connectivity index (χ3n) is 4.79. The van der Waals surface area contributed by atoms with Crippen molar-refractivity contribution >= 4 is 16.6 Å². The molecule has 0 saturated carbocycles. The van der Waals surface area contributed by atoms with Gasteiger partial charge in [0.15, 0.2) is 0 Å². The van der Waals surface area contributed by atoms with Crippen LogP contribution in [-0.4, -0.2) is 36.1 Å². The third-order valence-corrected chi connectivity index (χ3v) is 4.79. The fourth-order valence-corrected chi connectivity index (χ4v) is 3.45. The Morgan fingerprint density at radius 3 is 2.56 bits per heavy atom. The number of piperazine rings is 1. The number of aromatic nitrogens is 1. The van der Waals surface area contributed by atoms with E-state index in [1.807, 2.05) is 42.6 Å². The van der Waals surface area contributed by atoms with E-state index in [4.69, 9.17) is 0 Å². The van der Waals surface area contributed by atoms with Crippen molar-refractivity contribution < 1.29 is 0 Å². The minimum atomic E-state index is 0.759. The van der Waals surface area contributed by atoms with E-state index in [9.17, 15) is 5.26 Å². The zero-order valence-corrected chi connectivity index (χ0v) is 14.1. The van der Waals surface area contributed by atoms with Crippen LogP contribution in [0.3, 0.4) is 0 Å². The molecule has 0 aliphatic carbocycles. The molecule has 124 valence electrons. The predicted molar refractivity (Wildman–Crippen MR) is 100 cm³/mol. The second-order valence-electron chi connectivity index (χ2n) is 6.43. The number of hydrogen-bond donors (Lipinski definition) is 0. The molecule has 0 radical (unpaired) electrons. The van der Waals surface area contributed by atoms with E-state index in [0.29, 0.717) is 0 Å². The van der Waals surface area contributed by atoms with Crippen LogP contribution >= 0.6 is 0 Å². The molecule has 0 bridgehead atoms.